The average Bonchev–Trinajstić information content (AvgIpc) is 2.61. The molecule has 0 heterocycles. The van der Waals surface area contributed by atoms with Gasteiger partial charge >= 0.3 is 6.09 Å². The molecule has 0 saturated heterocycles. The molecule has 0 atom stereocenters. The molecule has 0 unspecified atom stereocenters. The second-order valence-electron chi connectivity index (χ2n) is 5.14. The number of nitrogens with one attached hydrogen (secondary N) is 3. The molecule has 24 heavy (non-hydrogen) atoms. The van der Waals surface area contributed by atoms with Crippen molar-refractivity contribution in [3.8, 4) is 0 Å². The van der Waals surface area contributed by atoms with E-state index in [0.29, 0.717) is 6.54 Å². The van der Waals surface area contributed by atoms with Crippen LogP contribution in [0.2, 0.25) is 0 Å². The van der Waals surface area contributed by atoms with Crippen molar-refractivity contribution in [3.63, 3.8) is 0 Å². The van der Waals surface area contributed by atoms with Crippen molar-refractivity contribution in [1.29, 1.82) is 5.41 Å². The Hall–Kier alpha value is -1.47. The lowest BCUT2D eigenvalue weighted by molar-refractivity contribution is 0.150. The second-order valence-corrected chi connectivity index (χ2v) is 5.14. The van der Waals surface area contributed by atoms with Crippen LogP contribution in [0, 0.1) is 5.41 Å². The highest BCUT2D eigenvalue weighted by atomic mass is 16.7. The van der Waals surface area contributed by atoms with E-state index >= 15 is 0 Å². The Morgan fingerprint density at radius 2 is 1.54 bits per heavy atom. The Bertz CT molecular complexity index is 321. The maximum Gasteiger partial charge on any atom is 0.433 e. The second kappa shape index (κ2) is 23.8. The van der Waals surface area contributed by atoms with Gasteiger partial charge in [0, 0.05) is 19.4 Å². The van der Waals surface area contributed by atoms with Crippen LogP contribution in [0.25, 0.3) is 0 Å². The summed E-state index contributed by atoms with van der Waals surface area (Å²) < 4.78 is 0. The molecule has 0 aromatic heterocycles. The van der Waals surface area contributed by atoms with Crippen molar-refractivity contribution in [2.24, 2.45) is 5.16 Å². The zero-order valence-corrected chi connectivity index (χ0v) is 16.4. The van der Waals surface area contributed by atoms with Gasteiger partial charge in [0.1, 0.15) is 0 Å². The molecule has 0 saturated carbocycles. The molecule has 0 spiro atoms. The van der Waals surface area contributed by atoms with Gasteiger partial charge in [0.05, 0.1) is 5.71 Å². The fraction of sp³-hybridized carbons (Fsp3) is 0.824. The molecule has 0 bridgehead atoms. The van der Waals surface area contributed by atoms with Gasteiger partial charge in [0.25, 0.3) is 0 Å². The summed E-state index contributed by atoms with van der Waals surface area (Å²) in [5.41, 5.74) is 1.57. The number of oxime groups is 1. The summed E-state index contributed by atoms with van der Waals surface area (Å²) in [6.45, 7) is 9.28. The largest absolute Gasteiger partial charge is 0.433 e. The van der Waals surface area contributed by atoms with Gasteiger partial charge in [-0.2, -0.15) is 0 Å². The number of amides is 1. The van der Waals surface area contributed by atoms with E-state index < -0.39 is 6.09 Å². The van der Waals surface area contributed by atoms with Crippen LogP contribution in [-0.2, 0) is 4.84 Å². The van der Waals surface area contributed by atoms with Crippen LogP contribution in [0.3, 0.4) is 0 Å². The quantitative estimate of drug-likeness (QED) is 0.211. The van der Waals surface area contributed by atoms with Crippen LogP contribution in [-0.4, -0.2) is 49.9 Å². The molecule has 0 aromatic rings. The minimum atomic E-state index is -0.465. The first-order chi connectivity index (χ1) is 11.5. The van der Waals surface area contributed by atoms with Gasteiger partial charge < -0.3 is 21.1 Å². The normalized spacial score (nSPS) is 9.88. The maximum atomic E-state index is 11.1. The minimum Gasteiger partial charge on any atom is -0.400 e. The predicted molar refractivity (Wildman–Crippen MR) is 102 cm³/mol. The molecule has 0 aromatic carbocycles. The molecule has 0 aliphatic carbocycles. The Morgan fingerprint density at radius 3 is 1.96 bits per heavy atom. The molecule has 0 rings (SSSR count). The number of aliphatic hydroxyl groups excluding tert-OH is 1. The number of hydrogen-bond donors (Lipinski definition) is 4. The highest BCUT2D eigenvalue weighted by molar-refractivity contribution is 5.81. The van der Waals surface area contributed by atoms with Gasteiger partial charge in [-0.25, -0.2) is 4.79 Å². The van der Waals surface area contributed by atoms with E-state index in [0.717, 1.165) is 50.8 Å². The molecular formula is C17H38N4O3. The van der Waals surface area contributed by atoms with Crippen molar-refractivity contribution in [1.82, 2.24) is 10.6 Å². The fourth-order valence-electron chi connectivity index (χ4n) is 1.19. The van der Waals surface area contributed by atoms with E-state index in [-0.39, 0.29) is 0 Å². The van der Waals surface area contributed by atoms with E-state index in [1.807, 2.05) is 27.8 Å². The van der Waals surface area contributed by atoms with Crippen LogP contribution < -0.4 is 10.6 Å². The first-order valence-corrected chi connectivity index (χ1v) is 8.59. The van der Waals surface area contributed by atoms with Crippen molar-refractivity contribution < 1.29 is 14.7 Å². The molecular weight excluding hydrogens is 308 g/mol. The number of carbonyl (C=O) groups is 1. The topological polar surface area (TPSA) is 107 Å². The lowest BCUT2D eigenvalue weighted by Gasteiger charge is -2.03. The van der Waals surface area contributed by atoms with Crippen molar-refractivity contribution >= 4 is 17.5 Å². The van der Waals surface area contributed by atoms with Crippen LogP contribution in [0.5, 0.6) is 0 Å². The van der Waals surface area contributed by atoms with E-state index in [2.05, 4.69) is 20.6 Å². The zero-order chi connectivity index (χ0) is 19.2. The number of rotatable bonds is 10. The Kier molecular flexibility index (Phi) is 27.1. The minimum absolute atomic E-state index is 0.465. The van der Waals surface area contributed by atoms with Gasteiger partial charge in [-0.3, -0.25) is 4.84 Å². The van der Waals surface area contributed by atoms with Gasteiger partial charge in [0.2, 0.25) is 0 Å². The summed E-state index contributed by atoms with van der Waals surface area (Å²) in [5.74, 6) is 0. The summed E-state index contributed by atoms with van der Waals surface area (Å²) in [4.78, 5) is 15.8. The van der Waals surface area contributed by atoms with E-state index in [9.17, 15) is 4.79 Å². The van der Waals surface area contributed by atoms with Crippen molar-refractivity contribution in [2.75, 3.05) is 27.2 Å². The molecule has 144 valence electrons. The number of aliphatic hydroxyl groups is 1. The first-order valence-electron chi connectivity index (χ1n) is 8.59. The molecule has 0 aliphatic heterocycles. The Labute approximate surface area is 147 Å². The van der Waals surface area contributed by atoms with Gasteiger partial charge in [0.15, 0.2) is 0 Å². The SMILES string of the molecule is CC/C(C)=N/OC(=O)NCCCCCCNC.CCC(C)=N.CO. The highest BCUT2D eigenvalue weighted by Gasteiger charge is 2.00. The smallest absolute Gasteiger partial charge is 0.400 e. The summed E-state index contributed by atoms with van der Waals surface area (Å²) in [6, 6.07) is 0. The maximum absolute atomic E-state index is 11.1. The summed E-state index contributed by atoms with van der Waals surface area (Å²) in [6.07, 6.45) is 5.69. The van der Waals surface area contributed by atoms with Crippen molar-refractivity contribution in [2.45, 2.75) is 66.2 Å². The number of hydrogen-bond acceptors (Lipinski definition) is 6. The third kappa shape index (κ3) is 28.7. The molecule has 4 N–H and O–H groups in total. The Morgan fingerprint density at radius 1 is 1.04 bits per heavy atom. The number of carbonyl (C=O) groups excluding carboxylic acids is 1. The van der Waals surface area contributed by atoms with E-state index in [1.54, 1.807) is 6.92 Å². The van der Waals surface area contributed by atoms with E-state index in [4.69, 9.17) is 10.5 Å². The fourth-order valence-corrected chi connectivity index (χ4v) is 1.19. The van der Waals surface area contributed by atoms with Crippen LogP contribution >= 0.6 is 0 Å². The van der Waals surface area contributed by atoms with Crippen LogP contribution in [0.4, 0.5) is 4.79 Å². The van der Waals surface area contributed by atoms with Gasteiger partial charge in [-0.15, -0.1) is 0 Å². The third-order valence-electron chi connectivity index (χ3n) is 2.95. The third-order valence-corrected chi connectivity index (χ3v) is 2.95. The lowest BCUT2D eigenvalue weighted by atomic mass is 10.2. The molecule has 0 radical (unpaired) electrons. The first kappa shape index (κ1) is 27.4. The molecule has 0 aliphatic rings. The standard InChI is InChI=1S/C12H25N3O2.C4H9N.CH4O/c1-4-11(2)15-17-12(16)14-10-8-6-5-7-9-13-3;1-3-4(2)5;1-2/h13H,4-10H2,1-3H3,(H,14,16);5H,3H2,1-2H3;2H,1H3/b15-11+;;. The summed E-state index contributed by atoms with van der Waals surface area (Å²) >= 11 is 0. The summed E-state index contributed by atoms with van der Waals surface area (Å²) in [5, 5.41) is 23.2. The lowest BCUT2D eigenvalue weighted by Crippen LogP contribution is -2.24. The predicted octanol–water partition coefficient (Wildman–Crippen LogP) is 3.32. The van der Waals surface area contributed by atoms with Gasteiger partial charge in [-0.05, 0) is 53.1 Å². The Balaban J connectivity index is -0.000000534. The highest BCUT2D eigenvalue weighted by Crippen LogP contribution is 1.97. The van der Waals surface area contributed by atoms with Crippen LogP contribution in [0.1, 0.15) is 66.2 Å². The van der Waals surface area contributed by atoms with Gasteiger partial charge in [-0.1, -0.05) is 31.8 Å². The number of unbranched alkanes of at least 4 members (excludes halogenated alkanes) is 3. The molecule has 7 heteroatoms. The molecule has 7 nitrogen and oxygen atoms in total. The molecule has 0 fully saturated rings. The molecule has 1 amide bonds. The van der Waals surface area contributed by atoms with Crippen molar-refractivity contribution in [3.05, 3.63) is 0 Å². The monoisotopic (exact) mass is 346 g/mol. The summed E-state index contributed by atoms with van der Waals surface area (Å²) in [7, 11) is 2.95. The zero-order valence-electron chi connectivity index (χ0n) is 16.4. The van der Waals surface area contributed by atoms with E-state index in [1.165, 1.54) is 12.8 Å². The average molecular weight is 347 g/mol. The number of nitrogens with zero attached hydrogens (tertiary/aromatic N) is 1. The van der Waals surface area contributed by atoms with Crippen LogP contribution in [0.15, 0.2) is 5.16 Å².